The molecule has 0 radical (unpaired) electrons. The predicted molar refractivity (Wildman–Crippen MR) is 91.8 cm³/mol. The molecule has 0 aliphatic rings. The highest BCUT2D eigenvalue weighted by molar-refractivity contribution is 7.93. The highest BCUT2D eigenvalue weighted by Crippen LogP contribution is 2.15. The molecule has 3 nitrogen and oxygen atoms in total. The van der Waals surface area contributed by atoms with Gasteiger partial charge in [-0.1, -0.05) is 24.3 Å². The second-order valence-corrected chi connectivity index (χ2v) is 5.40. The summed E-state index contributed by atoms with van der Waals surface area (Å²) in [4.78, 5) is 0. The summed E-state index contributed by atoms with van der Waals surface area (Å²) in [7, 11) is 1.68. The summed E-state index contributed by atoms with van der Waals surface area (Å²) in [6.45, 7) is 1.39. The number of methoxy groups -OCH3 is 1. The fourth-order valence-electron chi connectivity index (χ4n) is 2.11. The van der Waals surface area contributed by atoms with Crippen LogP contribution in [-0.4, -0.2) is 26.6 Å². The van der Waals surface area contributed by atoms with Crippen LogP contribution >= 0.6 is 12.0 Å². The molecule has 0 saturated heterocycles. The quantitative estimate of drug-likeness (QED) is 0.513. The van der Waals surface area contributed by atoms with Crippen molar-refractivity contribution in [1.29, 1.82) is 0 Å². The summed E-state index contributed by atoms with van der Waals surface area (Å²) in [5.41, 5.74) is 2.47. The second kappa shape index (κ2) is 9.38. The first-order valence-corrected chi connectivity index (χ1v) is 8.47. The van der Waals surface area contributed by atoms with E-state index in [-0.39, 0.29) is 0 Å². The van der Waals surface area contributed by atoms with E-state index in [0.29, 0.717) is 6.61 Å². The Labute approximate surface area is 136 Å². The van der Waals surface area contributed by atoms with Crippen molar-refractivity contribution in [3.63, 3.8) is 0 Å². The molecule has 0 fully saturated rings. The van der Waals surface area contributed by atoms with Gasteiger partial charge >= 0.3 is 0 Å². The molecule has 0 bridgehead atoms. The fraction of sp³-hybridized carbons (Fsp3) is 0.333. The van der Waals surface area contributed by atoms with Crippen molar-refractivity contribution in [1.82, 2.24) is 0 Å². The zero-order valence-electron chi connectivity index (χ0n) is 13.1. The number of hydrogen-bond acceptors (Lipinski definition) is 4. The van der Waals surface area contributed by atoms with Crippen LogP contribution in [0.25, 0.3) is 0 Å². The van der Waals surface area contributed by atoms with Gasteiger partial charge in [0.1, 0.15) is 11.5 Å². The lowest BCUT2D eigenvalue weighted by Gasteiger charge is -2.08. The Hall–Kier alpha value is -1.65. The Balaban J connectivity index is 1.76. The van der Waals surface area contributed by atoms with Gasteiger partial charge in [-0.25, -0.2) is 0 Å². The number of benzene rings is 2. The first-order chi connectivity index (χ1) is 10.8. The summed E-state index contributed by atoms with van der Waals surface area (Å²) in [6.07, 6.45) is 3.71. The lowest BCUT2D eigenvalue weighted by molar-refractivity contribution is 0.321. The standard InChI is InChI=1S/C18H22O3S/c1-19-18-5-3-4-16(14-18)10-12-20-17-8-6-15(7-9-17)11-13-21-22-2/h3-9,14H,10-13H2,1-2H3. The van der Waals surface area contributed by atoms with Crippen LogP contribution in [-0.2, 0) is 17.0 Å². The maximum absolute atomic E-state index is 5.79. The zero-order chi connectivity index (χ0) is 15.6. The molecule has 0 aromatic heterocycles. The van der Waals surface area contributed by atoms with Crippen LogP contribution in [0, 0.1) is 0 Å². The first kappa shape index (κ1) is 16.7. The minimum absolute atomic E-state index is 0.655. The van der Waals surface area contributed by atoms with Gasteiger partial charge < -0.3 is 13.7 Å². The van der Waals surface area contributed by atoms with Gasteiger partial charge in [-0.15, -0.1) is 0 Å². The monoisotopic (exact) mass is 318 g/mol. The van der Waals surface area contributed by atoms with Crippen molar-refractivity contribution in [3.05, 3.63) is 59.7 Å². The van der Waals surface area contributed by atoms with E-state index in [1.165, 1.54) is 23.2 Å². The van der Waals surface area contributed by atoms with Crippen molar-refractivity contribution in [2.45, 2.75) is 12.8 Å². The second-order valence-electron chi connectivity index (χ2n) is 4.83. The molecule has 0 N–H and O–H groups in total. The van der Waals surface area contributed by atoms with Gasteiger partial charge in [0.15, 0.2) is 0 Å². The van der Waals surface area contributed by atoms with Gasteiger partial charge in [0, 0.05) is 12.7 Å². The van der Waals surface area contributed by atoms with E-state index in [2.05, 4.69) is 18.2 Å². The lowest BCUT2D eigenvalue weighted by Crippen LogP contribution is -2.02. The fourth-order valence-corrected chi connectivity index (χ4v) is 2.36. The predicted octanol–water partition coefficient (Wildman–Crippen LogP) is 4.15. The summed E-state index contributed by atoms with van der Waals surface area (Å²) in [5, 5.41) is 0. The van der Waals surface area contributed by atoms with E-state index < -0.39 is 0 Å². The number of ether oxygens (including phenoxy) is 2. The molecule has 0 aliphatic carbocycles. The third kappa shape index (κ3) is 5.62. The molecule has 2 rings (SSSR count). The molecule has 0 spiro atoms. The van der Waals surface area contributed by atoms with Crippen molar-refractivity contribution >= 4 is 12.0 Å². The Morgan fingerprint density at radius 1 is 0.864 bits per heavy atom. The molecule has 2 aromatic rings. The maximum Gasteiger partial charge on any atom is 0.119 e. The zero-order valence-corrected chi connectivity index (χ0v) is 13.9. The minimum atomic E-state index is 0.655. The van der Waals surface area contributed by atoms with Crippen LogP contribution in [0.3, 0.4) is 0 Å². The smallest absolute Gasteiger partial charge is 0.119 e. The molecule has 118 valence electrons. The third-order valence-corrected chi connectivity index (χ3v) is 3.71. The van der Waals surface area contributed by atoms with Crippen LogP contribution < -0.4 is 9.47 Å². The van der Waals surface area contributed by atoms with Crippen LogP contribution in [0.15, 0.2) is 48.5 Å². The van der Waals surface area contributed by atoms with E-state index in [9.17, 15) is 0 Å². The Morgan fingerprint density at radius 2 is 1.64 bits per heavy atom. The maximum atomic E-state index is 5.79. The molecule has 2 aromatic carbocycles. The van der Waals surface area contributed by atoms with Gasteiger partial charge in [0.25, 0.3) is 0 Å². The molecular weight excluding hydrogens is 296 g/mol. The molecule has 0 aliphatic heterocycles. The Bertz CT molecular complexity index is 555. The SMILES string of the molecule is COc1cccc(CCOc2ccc(CCOSC)cc2)c1. The molecule has 0 heterocycles. The van der Waals surface area contributed by atoms with Crippen LogP contribution in [0.5, 0.6) is 11.5 Å². The lowest BCUT2D eigenvalue weighted by atomic mass is 10.1. The topological polar surface area (TPSA) is 27.7 Å². The van der Waals surface area contributed by atoms with Crippen molar-refractivity contribution in [3.8, 4) is 11.5 Å². The average Bonchev–Trinajstić information content (AvgIpc) is 2.57. The van der Waals surface area contributed by atoms with Gasteiger partial charge in [0.05, 0.1) is 20.3 Å². The molecule has 22 heavy (non-hydrogen) atoms. The average molecular weight is 318 g/mol. The molecule has 0 unspecified atom stereocenters. The van der Waals surface area contributed by atoms with E-state index in [0.717, 1.165) is 30.9 Å². The molecule has 4 heteroatoms. The van der Waals surface area contributed by atoms with Crippen LogP contribution in [0.2, 0.25) is 0 Å². The molecular formula is C18H22O3S. The Morgan fingerprint density at radius 3 is 2.36 bits per heavy atom. The number of hydrogen-bond donors (Lipinski definition) is 0. The number of rotatable bonds is 9. The molecule has 0 amide bonds. The summed E-state index contributed by atoms with van der Waals surface area (Å²) < 4.78 is 16.3. The Kier molecular flexibility index (Phi) is 7.13. The molecule has 0 saturated carbocycles. The third-order valence-electron chi connectivity index (χ3n) is 3.31. The van der Waals surface area contributed by atoms with E-state index in [4.69, 9.17) is 13.7 Å². The summed E-state index contributed by atoms with van der Waals surface area (Å²) >= 11 is 1.40. The van der Waals surface area contributed by atoms with E-state index in [1.807, 2.05) is 36.6 Å². The van der Waals surface area contributed by atoms with Crippen molar-refractivity contribution < 1.29 is 13.7 Å². The van der Waals surface area contributed by atoms with Crippen molar-refractivity contribution in [2.24, 2.45) is 0 Å². The van der Waals surface area contributed by atoms with Gasteiger partial charge in [-0.05, 0) is 53.9 Å². The molecule has 0 atom stereocenters. The van der Waals surface area contributed by atoms with Gasteiger partial charge in [0.2, 0.25) is 0 Å². The van der Waals surface area contributed by atoms with Crippen LogP contribution in [0.1, 0.15) is 11.1 Å². The largest absolute Gasteiger partial charge is 0.497 e. The van der Waals surface area contributed by atoms with Gasteiger partial charge in [-0.2, -0.15) is 0 Å². The highest BCUT2D eigenvalue weighted by atomic mass is 32.2. The summed E-state index contributed by atoms with van der Waals surface area (Å²) in [5.74, 6) is 1.78. The van der Waals surface area contributed by atoms with Gasteiger partial charge in [-0.3, -0.25) is 0 Å². The summed E-state index contributed by atoms with van der Waals surface area (Å²) in [6, 6.07) is 16.3. The highest BCUT2D eigenvalue weighted by Gasteiger charge is 1.99. The van der Waals surface area contributed by atoms with E-state index in [1.54, 1.807) is 7.11 Å². The normalized spacial score (nSPS) is 10.5. The van der Waals surface area contributed by atoms with Crippen LogP contribution in [0.4, 0.5) is 0 Å². The van der Waals surface area contributed by atoms with Crippen molar-refractivity contribution in [2.75, 3.05) is 26.6 Å². The first-order valence-electron chi connectivity index (χ1n) is 7.32. The minimum Gasteiger partial charge on any atom is -0.497 e. The van der Waals surface area contributed by atoms with E-state index >= 15 is 0 Å².